The SMILES string of the molecule is CCCCN(Cc1cccn1C)C(=O)CN(CCC)C(=O)NCC(=O)OCC. The van der Waals surface area contributed by atoms with Crippen LogP contribution in [0.15, 0.2) is 18.3 Å². The normalized spacial score (nSPS) is 10.4. The summed E-state index contributed by atoms with van der Waals surface area (Å²) in [6.45, 7) is 7.35. The first kappa shape index (κ1) is 23.5. The van der Waals surface area contributed by atoms with Gasteiger partial charge in [-0.1, -0.05) is 20.3 Å². The number of carbonyl (C=O) groups is 3. The fraction of sp³-hybridized carbons (Fsp3) is 0.650. The van der Waals surface area contributed by atoms with E-state index in [9.17, 15) is 14.4 Å². The summed E-state index contributed by atoms with van der Waals surface area (Å²) >= 11 is 0. The predicted octanol–water partition coefficient (Wildman–Crippen LogP) is 2.14. The number of amides is 3. The number of carbonyl (C=O) groups excluding carboxylic acids is 3. The van der Waals surface area contributed by atoms with Gasteiger partial charge in [-0.3, -0.25) is 9.59 Å². The molecule has 1 aromatic rings. The van der Waals surface area contributed by atoms with Crippen molar-refractivity contribution in [3.8, 4) is 0 Å². The van der Waals surface area contributed by atoms with Crippen molar-refractivity contribution < 1.29 is 19.1 Å². The standard InChI is InChI=1S/C20H34N4O4/c1-5-8-13-23(15-17-10-9-12-22(17)4)18(25)16-24(11-6-2)20(27)21-14-19(26)28-7-3/h9-10,12H,5-8,11,13-16H2,1-4H3,(H,21,27). The molecular formula is C20H34N4O4. The van der Waals surface area contributed by atoms with Crippen LogP contribution in [0, 0.1) is 0 Å². The lowest BCUT2D eigenvalue weighted by molar-refractivity contribution is -0.141. The Morgan fingerprint density at radius 1 is 1.11 bits per heavy atom. The number of ether oxygens (including phenoxy) is 1. The number of hydrogen-bond acceptors (Lipinski definition) is 4. The third kappa shape index (κ3) is 8.02. The molecule has 0 aliphatic heterocycles. The first-order valence-corrected chi connectivity index (χ1v) is 9.99. The molecule has 1 N–H and O–H groups in total. The van der Waals surface area contributed by atoms with Gasteiger partial charge in [0.15, 0.2) is 0 Å². The van der Waals surface area contributed by atoms with Gasteiger partial charge in [0.1, 0.15) is 13.1 Å². The molecule has 0 bridgehead atoms. The number of rotatable bonds is 12. The summed E-state index contributed by atoms with van der Waals surface area (Å²) in [5, 5.41) is 2.53. The van der Waals surface area contributed by atoms with Gasteiger partial charge in [-0.15, -0.1) is 0 Å². The maximum absolute atomic E-state index is 12.9. The lowest BCUT2D eigenvalue weighted by atomic mass is 10.2. The van der Waals surface area contributed by atoms with Crippen molar-refractivity contribution in [1.29, 1.82) is 0 Å². The fourth-order valence-corrected chi connectivity index (χ4v) is 2.75. The summed E-state index contributed by atoms with van der Waals surface area (Å²) in [7, 11) is 1.95. The first-order valence-electron chi connectivity index (χ1n) is 9.99. The number of aromatic nitrogens is 1. The molecule has 0 spiro atoms. The lowest BCUT2D eigenvalue weighted by Gasteiger charge is -2.27. The fourth-order valence-electron chi connectivity index (χ4n) is 2.75. The molecule has 0 unspecified atom stereocenters. The van der Waals surface area contributed by atoms with Crippen molar-refractivity contribution in [2.24, 2.45) is 7.05 Å². The van der Waals surface area contributed by atoms with E-state index in [1.807, 2.05) is 36.9 Å². The molecule has 0 radical (unpaired) electrons. The number of nitrogens with zero attached hydrogens (tertiary/aromatic N) is 3. The minimum atomic E-state index is -0.494. The Morgan fingerprint density at radius 3 is 2.43 bits per heavy atom. The number of aryl methyl sites for hydroxylation is 1. The zero-order valence-electron chi connectivity index (χ0n) is 17.6. The van der Waals surface area contributed by atoms with E-state index in [2.05, 4.69) is 12.2 Å². The monoisotopic (exact) mass is 394 g/mol. The van der Waals surface area contributed by atoms with E-state index in [-0.39, 0.29) is 25.6 Å². The van der Waals surface area contributed by atoms with E-state index in [1.54, 1.807) is 11.8 Å². The average Bonchev–Trinajstić information content (AvgIpc) is 3.07. The second-order valence-corrected chi connectivity index (χ2v) is 6.66. The summed E-state index contributed by atoms with van der Waals surface area (Å²) in [6.07, 6.45) is 4.55. The van der Waals surface area contributed by atoms with E-state index in [4.69, 9.17) is 4.74 Å². The van der Waals surface area contributed by atoms with E-state index in [0.717, 1.165) is 18.5 Å². The summed E-state index contributed by atoms with van der Waals surface area (Å²) in [5.74, 6) is -0.596. The number of esters is 1. The van der Waals surface area contributed by atoms with E-state index in [1.165, 1.54) is 4.90 Å². The minimum absolute atomic E-state index is 0.0172. The van der Waals surface area contributed by atoms with E-state index < -0.39 is 12.0 Å². The molecule has 28 heavy (non-hydrogen) atoms. The molecule has 0 aliphatic rings. The minimum Gasteiger partial charge on any atom is -0.465 e. The van der Waals surface area contributed by atoms with Crippen molar-refractivity contribution in [2.75, 3.05) is 32.8 Å². The molecule has 0 fully saturated rings. The zero-order chi connectivity index (χ0) is 20.9. The van der Waals surface area contributed by atoms with Gasteiger partial charge in [0, 0.05) is 32.0 Å². The van der Waals surface area contributed by atoms with Gasteiger partial charge in [0.05, 0.1) is 13.2 Å². The molecule has 0 saturated carbocycles. The van der Waals surface area contributed by atoms with Crippen LogP contribution in [0.4, 0.5) is 4.79 Å². The molecule has 8 nitrogen and oxygen atoms in total. The van der Waals surface area contributed by atoms with E-state index >= 15 is 0 Å². The Bertz CT molecular complexity index is 629. The molecule has 3 amide bonds. The average molecular weight is 395 g/mol. The van der Waals surface area contributed by atoms with Crippen LogP contribution >= 0.6 is 0 Å². The molecule has 0 saturated heterocycles. The van der Waals surface area contributed by atoms with Crippen LogP contribution in [0.25, 0.3) is 0 Å². The molecule has 158 valence electrons. The van der Waals surface area contributed by atoms with Gasteiger partial charge in [0.25, 0.3) is 0 Å². The third-order valence-electron chi connectivity index (χ3n) is 4.33. The largest absolute Gasteiger partial charge is 0.465 e. The van der Waals surface area contributed by atoms with Crippen LogP contribution < -0.4 is 5.32 Å². The smallest absolute Gasteiger partial charge is 0.325 e. The van der Waals surface area contributed by atoms with Gasteiger partial charge < -0.3 is 24.4 Å². The predicted molar refractivity (Wildman–Crippen MR) is 108 cm³/mol. The Morgan fingerprint density at radius 2 is 1.86 bits per heavy atom. The third-order valence-corrected chi connectivity index (χ3v) is 4.33. The summed E-state index contributed by atoms with van der Waals surface area (Å²) in [6, 6.07) is 3.50. The van der Waals surface area contributed by atoms with Gasteiger partial charge in [-0.05, 0) is 31.9 Å². The summed E-state index contributed by atoms with van der Waals surface area (Å²) in [5.41, 5.74) is 1.04. The quantitative estimate of drug-likeness (QED) is 0.551. The second-order valence-electron chi connectivity index (χ2n) is 6.66. The highest BCUT2D eigenvalue weighted by atomic mass is 16.5. The van der Waals surface area contributed by atoms with Crippen LogP contribution in [0.1, 0.15) is 45.7 Å². The highest BCUT2D eigenvalue weighted by Crippen LogP contribution is 2.08. The molecule has 0 aliphatic carbocycles. The van der Waals surface area contributed by atoms with Gasteiger partial charge in [-0.2, -0.15) is 0 Å². The molecule has 1 rings (SSSR count). The topological polar surface area (TPSA) is 83.9 Å². The Labute approximate surface area is 167 Å². The van der Waals surface area contributed by atoms with Crippen molar-refractivity contribution in [1.82, 2.24) is 19.7 Å². The van der Waals surface area contributed by atoms with Crippen molar-refractivity contribution >= 4 is 17.9 Å². The second kappa shape index (κ2) is 12.8. The molecule has 0 aromatic carbocycles. The molecular weight excluding hydrogens is 360 g/mol. The number of nitrogens with one attached hydrogen (secondary N) is 1. The van der Waals surface area contributed by atoms with Crippen LogP contribution in [-0.2, 0) is 27.9 Å². The number of unbranched alkanes of at least 4 members (excludes halogenated alkanes) is 1. The highest BCUT2D eigenvalue weighted by molar-refractivity contribution is 5.86. The van der Waals surface area contributed by atoms with Gasteiger partial charge in [0.2, 0.25) is 5.91 Å². The summed E-state index contributed by atoms with van der Waals surface area (Å²) in [4.78, 5) is 40.0. The summed E-state index contributed by atoms with van der Waals surface area (Å²) < 4.78 is 6.80. The molecule has 1 heterocycles. The zero-order valence-corrected chi connectivity index (χ0v) is 17.6. The Balaban J connectivity index is 2.74. The Hall–Kier alpha value is -2.51. The number of urea groups is 1. The van der Waals surface area contributed by atoms with Gasteiger partial charge in [-0.25, -0.2) is 4.79 Å². The maximum atomic E-state index is 12.9. The molecule has 0 atom stereocenters. The van der Waals surface area contributed by atoms with Crippen molar-refractivity contribution in [2.45, 2.75) is 46.6 Å². The van der Waals surface area contributed by atoms with Crippen LogP contribution in [0.2, 0.25) is 0 Å². The molecule has 1 aromatic heterocycles. The van der Waals surface area contributed by atoms with Crippen LogP contribution in [-0.4, -0.2) is 65.1 Å². The Kier molecular flexibility index (Phi) is 10.8. The van der Waals surface area contributed by atoms with Crippen LogP contribution in [0.3, 0.4) is 0 Å². The first-order chi connectivity index (χ1) is 13.4. The van der Waals surface area contributed by atoms with Crippen molar-refractivity contribution in [3.05, 3.63) is 24.0 Å². The van der Waals surface area contributed by atoms with Crippen molar-refractivity contribution in [3.63, 3.8) is 0 Å². The maximum Gasteiger partial charge on any atom is 0.325 e. The van der Waals surface area contributed by atoms with Crippen LogP contribution in [0.5, 0.6) is 0 Å². The lowest BCUT2D eigenvalue weighted by Crippen LogP contribution is -2.48. The number of hydrogen-bond donors (Lipinski definition) is 1. The molecule has 8 heteroatoms. The van der Waals surface area contributed by atoms with E-state index in [0.29, 0.717) is 26.1 Å². The highest BCUT2D eigenvalue weighted by Gasteiger charge is 2.22. The van der Waals surface area contributed by atoms with Gasteiger partial charge >= 0.3 is 12.0 Å².